The number of nitrogens with zero attached hydrogens (tertiary/aromatic N) is 1. The first-order valence-corrected chi connectivity index (χ1v) is 7.12. The van der Waals surface area contributed by atoms with Crippen LogP contribution in [0.5, 0.6) is 0 Å². The minimum Gasteiger partial charge on any atom is -0.394 e. The Hall–Kier alpha value is -2.91. The van der Waals surface area contributed by atoms with Crippen molar-refractivity contribution in [3.05, 3.63) is 75.3 Å². The number of aliphatic hydroxyl groups excluding tert-OH is 2. The quantitative estimate of drug-likeness (QED) is 0.541. The number of benzene rings is 2. The molecule has 2 aromatic carbocycles. The lowest BCUT2D eigenvalue weighted by Crippen LogP contribution is -2.42. The number of halogens is 2. The Morgan fingerprint density at radius 1 is 1.20 bits per heavy atom. The molecule has 9 heteroatoms. The normalized spacial score (nSPS) is 13.1. The zero-order valence-corrected chi connectivity index (χ0v) is 12.7. The molecular weight excluding hydrogens is 338 g/mol. The Kier molecular flexibility index (Phi) is 5.73. The summed E-state index contributed by atoms with van der Waals surface area (Å²) in [5.74, 6) is -2.88. The van der Waals surface area contributed by atoms with Crippen LogP contribution in [0.15, 0.2) is 42.5 Å². The lowest BCUT2D eigenvalue weighted by molar-refractivity contribution is -0.384. The molecule has 0 spiro atoms. The van der Waals surface area contributed by atoms with E-state index in [1.165, 1.54) is 12.1 Å². The molecule has 0 aromatic heterocycles. The maximum Gasteiger partial charge on any atom is 0.269 e. The zero-order chi connectivity index (χ0) is 18.6. The van der Waals surface area contributed by atoms with E-state index in [-0.39, 0.29) is 11.3 Å². The Balaban J connectivity index is 2.15. The van der Waals surface area contributed by atoms with Crippen LogP contribution >= 0.6 is 0 Å². The highest BCUT2D eigenvalue weighted by atomic mass is 19.1. The largest absolute Gasteiger partial charge is 0.394 e. The number of nitro benzene ring substituents is 1. The highest BCUT2D eigenvalue weighted by Gasteiger charge is 2.24. The number of aliphatic hydroxyl groups is 2. The van der Waals surface area contributed by atoms with Crippen molar-refractivity contribution in [3.63, 3.8) is 0 Å². The number of amides is 1. The predicted molar refractivity (Wildman–Crippen MR) is 82.8 cm³/mol. The number of non-ortho nitro benzene ring substituents is 1. The van der Waals surface area contributed by atoms with E-state index in [2.05, 4.69) is 5.32 Å². The maximum absolute atomic E-state index is 13.6. The molecule has 2 unspecified atom stereocenters. The summed E-state index contributed by atoms with van der Waals surface area (Å²) in [5, 5.41) is 32.5. The monoisotopic (exact) mass is 352 g/mol. The minimum absolute atomic E-state index is 0.186. The van der Waals surface area contributed by atoms with Crippen molar-refractivity contribution in [2.75, 3.05) is 6.61 Å². The highest BCUT2D eigenvalue weighted by Crippen LogP contribution is 2.21. The van der Waals surface area contributed by atoms with Crippen LogP contribution < -0.4 is 5.32 Å². The summed E-state index contributed by atoms with van der Waals surface area (Å²) >= 11 is 0. The summed E-state index contributed by atoms with van der Waals surface area (Å²) in [6.07, 6.45) is -1.39. The van der Waals surface area contributed by atoms with Gasteiger partial charge in [-0.1, -0.05) is 0 Å². The van der Waals surface area contributed by atoms with Crippen LogP contribution in [-0.4, -0.2) is 33.7 Å². The van der Waals surface area contributed by atoms with Gasteiger partial charge < -0.3 is 15.5 Å². The molecular formula is C16H14F2N2O5. The Morgan fingerprint density at radius 3 is 2.36 bits per heavy atom. The topological polar surface area (TPSA) is 113 Å². The van der Waals surface area contributed by atoms with Crippen molar-refractivity contribution in [3.8, 4) is 0 Å². The van der Waals surface area contributed by atoms with E-state index in [4.69, 9.17) is 0 Å². The summed E-state index contributed by atoms with van der Waals surface area (Å²) in [7, 11) is 0. The van der Waals surface area contributed by atoms with Gasteiger partial charge >= 0.3 is 0 Å². The van der Waals surface area contributed by atoms with E-state index < -0.39 is 46.8 Å². The van der Waals surface area contributed by atoms with E-state index in [0.717, 1.165) is 24.3 Å². The number of rotatable bonds is 6. The van der Waals surface area contributed by atoms with Crippen molar-refractivity contribution < 1.29 is 28.7 Å². The van der Waals surface area contributed by atoms with Crippen LogP contribution in [0, 0.1) is 21.7 Å². The molecule has 2 aromatic rings. The van der Waals surface area contributed by atoms with Crippen molar-refractivity contribution in [2.24, 2.45) is 0 Å². The second kappa shape index (κ2) is 7.77. The van der Waals surface area contributed by atoms with Gasteiger partial charge in [0, 0.05) is 18.2 Å². The molecule has 0 aliphatic rings. The van der Waals surface area contributed by atoms with Crippen LogP contribution in [0.25, 0.3) is 0 Å². The average Bonchev–Trinajstić information content (AvgIpc) is 2.58. The fourth-order valence-electron chi connectivity index (χ4n) is 2.17. The third-order valence-electron chi connectivity index (χ3n) is 3.52. The maximum atomic E-state index is 13.6. The van der Waals surface area contributed by atoms with E-state index in [1.807, 2.05) is 0 Å². The second-order valence-electron chi connectivity index (χ2n) is 5.18. The van der Waals surface area contributed by atoms with E-state index in [0.29, 0.717) is 6.07 Å². The summed E-state index contributed by atoms with van der Waals surface area (Å²) in [4.78, 5) is 22.0. The first-order valence-electron chi connectivity index (χ1n) is 7.12. The SMILES string of the molecule is O=C(NC(CO)C(O)c1ccc([N+](=O)[O-])cc1)c1ccc(F)cc1F. The molecule has 2 atom stereocenters. The molecule has 0 bridgehead atoms. The Morgan fingerprint density at radius 2 is 1.84 bits per heavy atom. The number of hydrogen-bond acceptors (Lipinski definition) is 5. The number of hydrogen-bond donors (Lipinski definition) is 3. The lowest BCUT2D eigenvalue weighted by Gasteiger charge is -2.22. The summed E-state index contributed by atoms with van der Waals surface area (Å²) < 4.78 is 26.5. The molecule has 0 saturated heterocycles. The number of carbonyl (C=O) groups is 1. The van der Waals surface area contributed by atoms with Gasteiger partial charge in [0.25, 0.3) is 11.6 Å². The van der Waals surface area contributed by atoms with Crippen LogP contribution in [0.3, 0.4) is 0 Å². The lowest BCUT2D eigenvalue weighted by atomic mass is 10.0. The Bertz CT molecular complexity index is 783. The molecule has 1 amide bonds. The van der Waals surface area contributed by atoms with Gasteiger partial charge in [-0.25, -0.2) is 8.78 Å². The van der Waals surface area contributed by atoms with Crippen molar-refractivity contribution in [1.82, 2.24) is 5.32 Å². The summed E-state index contributed by atoms with van der Waals surface area (Å²) in [6, 6.07) is 6.05. The van der Waals surface area contributed by atoms with Crippen molar-refractivity contribution >= 4 is 11.6 Å². The molecule has 0 aliphatic heterocycles. The highest BCUT2D eigenvalue weighted by molar-refractivity contribution is 5.94. The minimum atomic E-state index is -1.39. The van der Waals surface area contributed by atoms with Crippen LogP contribution in [0.4, 0.5) is 14.5 Å². The van der Waals surface area contributed by atoms with Gasteiger partial charge in [-0.2, -0.15) is 0 Å². The molecule has 0 radical (unpaired) electrons. The number of nitrogens with one attached hydrogen (secondary N) is 1. The first-order chi connectivity index (χ1) is 11.8. The first kappa shape index (κ1) is 18.4. The van der Waals surface area contributed by atoms with Gasteiger partial charge in [-0.05, 0) is 29.8 Å². The van der Waals surface area contributed by atoms with Gasteiger partial charge in [-0.15, -0.1) is 0 Å². The summed E-state index contributed by atoms with van der Waals surface area (Å²) in [5.41, 5.74) is -0.422. The molecule has 3 N–H and O–H groups in total. The Labute approximate surface area is 140 Å². The van der Waals surface area contributed by atoms with Crippen LogP contribution in [-0.2, 0) is 0 Å². The van der Waals surface area contributed by atoms with Gasteiger partial charge in [0.05, 0.1) is 23.1 Å². The van der Waals surface area contributed by atoms with Crippen LogP contribution in [0.2, 0.25) is 0 Å². The van der Waals surface area contributed by atoms with Gasteiger partial charge in [0.15, 0.2) is 0 Å². The van der Waals surface area contributed by atoms with Gasteiger partial charge in [0.1, 0.15) is 17.7 Å². The molecule has 0 saturated carbocycles. The van der Waals surface area contributed by atoms with Gasteiger partial charge in [-0.3, -0.25) is 14.9 Å². The predicted octanol–water partition coefficient (Wildman–Crippen LogP) is 1.70. The number of carbonyl (C=O) groups excluding carboxylic acids is 1. The summed E-state index contributed by atoms with van der Waals surface area (Å²) in [6.45, 7) is -0.674. The molecule has 25 heavy (non-hydrogen) atoms. The molecule has 132 valence electrons. The third kappa shape index (κ3) is 4.34. The molecule has 0 heterocycles. The molecule has 2 rings (SSSR count). The van der Waals surface area contributed by atoms with E-state index in [1.54, 1.807) is 0 Å². The fraction of sp³-hybridized carbons (Fsp3) is 0.188. The standard InChI is InChI=1S/C16H14F2N2O5/c17-10-3-6-12(13(18)7-10)16(23)19-14(8-21)15(22)9-1-4-11(5-2-9)20(24)25/h1-7,14-15,21-22H,8H2,(H,19,23). The van der Waals surface area contributed by atoms with Crippen LogP contribution in [0.1, 0.15) is 22.0 Å². The van der Waals surface area contributed by atoms with Crippen molar-refractivity contribution in [2.45, 2.75) is 12.1 Å². The molecule has 0 aliphatic carbocycles. The fourth-order valence-corrected chi connectivity index (χ4v) is 2.17. The average molecular weight is 352 g/mol. The molecule has 7 nitrogen and oxygen atoms in total. The second-order valence-corrected chi connectivity index (χ2v) is 5.18. The smallest absolute Gasteiger partial charge is 0.269 e. The van der Waals surface area contributed by atoms with Crippen molar-refractivity contribution in [1.29, 1.82) is 0 Å². The number of nitro groups is 1. The van der Waals surface area contributed by atoms with E-state index >= 15 is 0 Å². The van der Waals surface area contributed by atoms with E-state index in [9.17, 15) is 33.9 Å². The molecule has 0 fully saturated rings. The third-order valence-corrected chi connectivity index (χ3v) is 3.52. The van der Waals surface area contributed by atoms with Gasteiger partial charge in [0.2, 0.25) is 0 Å². The zero-order valence-electron chi connectivity index (χ0n) is 12.7.